The summed E-state index contributed by atoms with van der Waals surface area (Å²) < 4.78 is 5.35. The van der Waals surface area contributed by atoms with Crippen LogP contribution in [-0.2, 0) is 0 Å². The molecule has 0 radical (unpaired) electrons. The van der Waals surface area contributed by atoms with Crippen molar-refractivity contribution in [2.75, 3.05) is 26.0 Å². The number of amides is 1. The molecule has 0 aliphatic heterocycles. The minimum absolute atomic E-state index is 0.00491. The van der Waals surface area contributed by atoms with Crippen LogP contribution in [-0.4, -0.2) is 46.2 Å². The smallest absolute Gasteiger partial charge is 0.252 e. The van der Waals surface area contributed by atoms with Crippen LogP contribution in [0.3, 0.4) is 0 Å². The Morgan fingerprint density at radius 3 is 2.70 bits per heavy atom. The van der Waals surface area contributed by atoms with Gasteiger partial charge in [-0.1, -0.05) is 35.3 Å². The number of para-hydroxylation sites is 1. The van der Waals surface area contributed by atoms with Crippen LogP contribution in [0.4, 0.5) is 5.95 Å². The van der Waals surface area contributed by atoms with Gasteiger partial charge in [-0.25, -0.2) is 4.98 Å². The predicted octanol–water partition coefficient (Wildman–Crippen LogP) is 3.31. The summed E-state index contributed by atoms with van der Waals surface area (Å²) >= 11 is 13.7. The molecule has 1 heterocycles. The summed E-state index contributed by atoms with van der Waals surface area (Å²) in [5, 5.41) is 12.2. The number of halogens is 2. The largest absolute Gasteiger partial charge is 0.496 e. The van der Waals surface area contributed by atoms with Gasteiger partial charge >= 0.3 is 0 Å². The Kier molecular flexibility index (Phi) is 7.33. The number of aliphatic hydroxyl groups excluding tert-OH is 1. The lowest BCUT2D eigenvalue weighted by Gasteiger charge is -2.11. The SMILES string of the molecule is COc1ccccc1Sc1nc(N)nc(-c2cc(C(=O)NCCO)c(Cl)cc2Cl)n1. The van der Waals surface area contributed by atoms with Gasteiger partial charge in [0.1, 0.15) is 5.75 Å². The molecule has 0 saturated carbocycles. The summed E-state index contributed by atoms with van der Waals surface area (Å²) in [7, 11) is 1.57. The van der Waals surface area contributed by atoms with Crippen molar-refractivity contribution in [3.05, 3.63) is 52.0 Å². The molecule has 3 rings (SSSR count). The summed E-state index contributed by atoms with van der Waals surface area (Å²) in [5.41, 5.74) is 6.42. The number of aromatic nitrogens is 3. The summed E-state index contributed by atoms with van der Waals surface area (Å²) in [6, 6.07) is 10.3. The Hall–Kier alpha value is -2.59. The lowest BCUT2D eigenvalue weighted by Crippen LogP contribution is -2.26. The third kappa shape index (κ3) is 5.11. The number of nitrogens with zero attached hydrogens (tertiary/aromatic N) is 3. The lowest BCUT2D eigenvalue weighted by atomic mass is 10.1. The highest BCUT2D eigenvalue weighted by Gasteiger charge is 2.18. The zero-order chi connectivity index (χ0) is 21.7. The Morgan fingerprint density at radius 1 is 1.20 bits per heavy atom. The van der Waals surface area contributed by atoms with Gasteiger partial charge in [-0.2, -0.15) is 9.97 Å². The highest BCUT2D eigenvalue weighted by Crippen LogP contribution is 2.35. The second-order valence-corrected chi connectivity index (χ2v) is 7.67. The van der Waals surface area contributed by atoms with Crippen LogP contribution in [0.15, 0.2) is 46.5 Å². The molecule has 0 spiro atoms. The molecule has 0 unspecified atom stereocenters. The molecule has 4 N–H and O–H groups in total. The fraction of sp³-hybridized carbons (Fsp3) is 0.158. The molecule has 0 atom stereocenters. The maximum absolute atomic E-state index is 12.3. The highest BCUT2D eigenvalue weighted by molar-refractivity contribution is 7.99. The number of carbonyl (C=O) groups excluding carboxylic acids is 1. The maximum atomic E-state index is 12.3. The van der Waals surface area contributed by atoms with Crippen LogP contribution in [0.25, 0.3) is 11.4 Å². The second-order valence-electron chi connectivity index (χ2n) is 5.84. The van der Waals surface area contributed by atoms with E-state index in [0.29, 0.717) is 16.5 Å². The Balaban J connectivity index is 2.01. The van der Waals surface area contributed by atoms with Gasteiger partial charge in [-0.15, -0.1) is 0 Å². The molecule has 3 aromatic rings. The van der Waals surface area contributed by atoms with Gasteiger partial charge in [-0.05, 0) is 36.0 Å². The van der Waals surface area contributed by atoms with Crippen LogP contribution in [0.1, 0.15) is 10.4 Å². The topological polar surface area (TPSA) is 123 Å². The molecule has 0 aliphatic rings. The first kappa shape index (κ1) is 22.1. The number of carbonyl (C=O) groups is 1. The Labute approximate surface area is 186 Å². The van der Waals surface area contributed by atoms with Crippen LogP contribution in [0, 0.1) is 0 Å². The van der Waals surface area contributed by atoms with E-state index in [-0.39, 0.29) is 40.5 Å². The molecule has 1 amide bonds. The summed E-state index contributed by atoms with van der Waals surface area (Å²) in [6.45, 7) is -0.108. The number of nitrogen functional groups attached to an aromatic ring is 1. The standard InChI is InChI=1S/C19H17Cl2N5O3S/c1-29-14-4-2-3-5-15(14)30-19-25-16(24-18(22)26-19)10-8-11(13(21)9-12(10)20)17(28)23-6-7-27/h2-5,8-9,27H,6-7H2,1H3,(H,23,28)(H2,22,24,25,26). The van der Waals surface area contributed by atoms with Crippen LogP contribution in [0.5, 0.6) is 5.75 Å². The van der Waals surface area contributed by atoms with Gasteiger partial charge in [0, 0.05) is 12.1 Å². The lowest BCUT2D eigenvalue weighted by molar-refractivity contribution is 0.0945. The minimum atomic E-state index is -0.461. The normalized spacial score (nSPS) is 10.7. The van der Waals surface area contributed by atoms with E-state index < -0.39 is 5.91 Å². The quantitative estimate of drug-likeness (QED) is 0.485. The third-order valence-electron chi connectivity index (χ3n) is 3.84. The Morgan fingerprint density at radius 2 is 1.97 bits per heavy atom. The third-order valence-corrected chi connectivity index (χ3v) is 5.39. The molecule has 2 aromatic carbocycles. The zero-order valence-corrected chi connectivity index (χ0v) is 18.1. The van der Waals surface area contributed by atoms with Gasteiger partial charge in [-0.3, -0.25) is 4.79 Å². The van der Waals surface area contributed by atoms with Crippen molar-refractivity contribution < 1.29 is 14.6 Å². The number of nitrogens with one attached hydrogen (secondary N) is 1. The van der Waals surface area contributed by atoms with Crippen molar-refractivity contribution in [2.24, 2.45) is 0 Å². The zero-order valence-electron chi connectivity index (χ0n) is 15.7. The average Bonchev–Trinajstić information content (AvgIpc) is 2.72. The number of nitrogens with two attached hydrogens (primary N) is 1. The molecule has 0 saturated heterocycles. The van der Waals surface area contributed by atoms with Crippen molar-refractivity contribution in [3.8, 4) is 17.1 Å². The first-order valence-corrected chi connectivity index (χ1v) is 10.2. The van der Waals surface area contributed by atoms with Gasteiger partial charge in [0.2, 0.25) is 5.95 Å². The monoisotopic (exact) mass is 465 g/mol. The number of hydrogen-bond acceptors (Lipinski definition) is 8. The molecule has 30 heavy (non-hydrogen) atoms. The summed E-state index contributed by atoms with van der Waals surface area (Å²) in [6.07, 6.45) is 0. The fourth-order valence-electron chi connectivity index (χ4n) is 2.50. The van der Waals surface area contributed by atoms with E-state index in [1.807, 2.05) is 24.3 Å². The fourth-order valence-corrected chi connectivity index (χ4v) is 3.92. The number of hydrogen-bond donors (Lipinski definition) is 3. The molecule has 1 aromatic heterocycles. The van der Waals surface area contributed by atoms with Crippen molar-refractivity contribution >= 4 is 46.8 Å². The average molecular weight is 466 g/mol. The maximum Gasteiger partial charge on any atom is 0.252 e. The first-order valence-electron chi connectivity index (χ1n) is 8.63. The summed E-state index contributed by atoms with van der Waals surface area (Å²) in [5.74, 6) is 0.389. The van der Waals surface area contributed by atoms with E-state index in [2.05, 4.69) is 20.3 Å². The molecular formula is C19H17Cl2N5O3S. The number of ether oxygens (including phenoxy) is 1. The van der Waals surface area contributed by atoms with Crippen LogP contribution in [0.2, 0.25) is 10.0 Å². The number of rotatable bonds is 7. The minimum Gasteiger partial charge on any atom is -0.496 e. The molecule has 0 fully saturated rings. The van der Waals surface area contributed by atoms with Crippen LogP contribution >= 0.6 is 35.0 Å². The van der Waals surface area contributed by atoms with Crippen molar-refractivity contribution in [2.45, 2.75) is 10.1 Å². The van der Waals surface area contributed by atoms with E-state index in [1.165, 1.54) is 23.9 Å². The van der Waals surface area contributed by atoms with Crippen molar-refractivity contribution in [3.63, 3.8) is 0 Å². The molecule has 8 nitrogen and oxygen atoms in total. The van der Waals surface area contributed by atoms with E-state index >= 15 is 0 Å². The summed E-state index contributed by atoms with van der Waals surface area (Å²) in [4.78, 5) is 25.9. The van der Waals surface area contributed by atoms with Gasteiger partial charge < -0.3 is 20.9 Å². The van der Waals surface area contributed by atoms with Crippen LogP contribution < -0.4 is 15.8 Å². The molecule has 0 bridgehead atoms. The van der Waals surface area contributed by atoms with Gasteiger partial charge in [0.15, 0.2) is 11.0 Å². The van der Waals surface area contributed by atoms with Crippen molar-refractivity contribution in [1.82, 2.24) is 20.3 Å². The number of aliphatic hydroxyl groups is 1. The first-order chi connectivity index (χ1) is 14.4. The molecular weight excluding hydrogens is 449 g/mol. The number of benzene rings is 2. The molecule has 11 heteroatoms. The van der Waals surface area contributed by atoms with Gasteiger partial charge in [0.25, 0.3) is 5.91 Å². The molecule has 156 valence electrons. The molecule has 0 aliphatic carbocycles. The van der Waals surface area contributed by atoms with E-state index in [1.54, 1.807) is 7.11 Å². The van der Waals surface area contributed by atoms with Gasteiger partial charge in [0.05, 0.1) is 34.2 Å². The van der Waals surface area contributed by atoms with E-state index in [9.17, 15) is 4.79 Å². The Bertz CT molecular complexity index is 1080. The highest BCUT2D eigenvalue weighted by atomic mass is 35.5. The van der Waals surface area contributed by atoms with E-state index in [0.717, 1.165) is 4.90 Å². The second kappa shape index (κ2) is 9.94. The van der Waals surface area contributed by atoms with E-state index in [4.69, 9.17) is 38.8 Å². The predicted molar refractivity (Wildman–Crippen MR) is 116 cm³/mol. The van der Waals surface area contributed by atoms with Crippen molar-refractivity contribution in [1.29, 1.82) is 0 Å². The number of anilines is 1. The number of methoxy groups -OCH3 is 1.